The fourth-order valence-electron chi connectivity index (χ4n) is 4.67. The maximum Gasteiger partial charge on any atom is 0.328 e. The number of carbonyl (C=O) groups excluding carboxylic acids is 3. The number of urea groups is 1. The van der Waals surface area contributed by atoms with Gasteiger partial charge >= 0.3 is 12.0 Å². The van der Waals surface area contributed by atoms with Gasteiger partial charge in [0.1, 0.15) is 36.5 Å². The molecule has 3 fully saturated rings. The van der Waals surface area contributed by atoms with Crippen LogP contribution in [0.3, 0.4) is 0 Å². The van der Waals surface area contributed by atoms with Gasteiger partial charge in [0, 0.05) is 26.2 Å². The normalized spacial score (nSPS) is 25.5. The van der Waals surface area contributed by atoms with E-state index in [1.807, 2.05) is 23.1 Å². The number of nitrogens with one attached hydrogen (secondary N) is 1. The van der Waals surface area contributed by atoms with Gasteiger partial charge in [-0.25, -0.2) is 4.79 Å². The zero-order chi connectivity index (χ0) is 23.0. The van der Waals surface area contributed by atoms with E-state index in [1.54, 1.807) is 28.2 Å². The molecule has 0 aromatic heterocycles. The van der Waals surface area contributed by atoms with E-state index in [1.165, 1.54) is 4.90 Å². The van der Waals surface area contributed by atoms with Crippen LogP contribution in [-0.2, 0) is 14.3 Å². The molecule has 4 rings (SSSR count). The van der Waals surface area contributed by atoms with Crippen LogP contribution in [0.1, 0.15) is 13.3 Å². The van der Waals surface area contributed by atoms with Crippen LogP contribution in [0.25, 0.3) is 0 Å². The smallest absolute Gasteiger partial charge is 0.328 e. The number of methoxy groups -OCH3 is 2. The van der Waals surface area contributed by atoms with Crippen molar-refractivity contribution < 1.29 is 28.6 Å². The van der Waals surface area contributed by atoms with Crippen molar-refractivity contribution in [2.45, 2.75) is 31.8 Å². The number of esters is 1. The van der Waals surface area contributed by atoms with Crippen LogP contribution < -0.4 is 19.7 Å². The van der Waals surface area contributed by atoms with E-state index in [0.29, 0.717) is 18.0 Å². The highest BCUT2D eigenvalue weighted by Gasteiger charge is 2.56. The second kappa shape index (κ2) is 8.83. The van der Waals surface area contributed by atoms with Gasteiger partial charge < -0.3 is 24.0 Å². The summed E-state index contributed by atoms with van der Waals surface area (Å²) < 4.78 is 15.8. The monoisotopic (exact) mass is 447 g/mol. The van der Waals surface area contributed by atoms with Gasteiger partial charge in [-0.1, -0.05) is 0 Å². The minimum absolute atomic E-state index is 0.186. The summed E-state index contributed by atoms with van der Waals surface area (Å²) in [5.41, 5.74) is 0.860. The van der Waals surface area contributed by atoms with Crippen molar-refractivity contribution in [3.8, 4) is 11.5 Å². The summed E-state index contributed by atoms with van der Waals surface area (Å²) in [5.74, 6) is 0.335. The molecule has 0 spiro atoms. The Bertz CT molecular complexity index is 911. The highest BCUT2D eigenvalue weighted by Crippen LogP contribution is 2.38. The average Bonchev–Trinajstić information content (AvgIpc) is 3.20. The molecule has 32 heavy (non-hydrogen) atoms. The van der Waals surface area contributed by atoms with Crippen molar-refractivity contribution in [3.05, 3.63) is 18.2 Å². The Balaban J connectivity index is 1.63. The number of hydrogen-bond donors (Lipinski definition) is 1. The molecule has 174 valence electrons. The van der Waals surface area contributed by atoms with E-state index in [2.05, 4.69) is 10.2 Å². The van der Waals surface area contributed by atoms with E-state index in [-0.39, 0.29) is 12.9 Å². The quantitative estimate of drug-likeness (QED) is 0.615. The summed E-state index contributed by atoms with van der Waals surface area (Å²) in [7, 11) is 4.83. The molecule has 0 bridgehead atoms. The van der Waals surface area contributed by atoms with E-state index in [9.17, 15) is 14.4 Å². The molecule has 0 saturated carbocycles. The number of anilines is 1. The highest BCUT2D eigenvalue weighted by atomic mass is 16.5. The van der Waals surface area contributed by atoms with Crippen LogP contribution >= 0.6 is 0 Å². The summed E-state index contributed by atoms with van der Waals surface area (Å²) in [6.45, 7) is 2.89. The number of ether oxygens (including phenoxy) is 3. The first-order chi connectivity index (χ1) is 15.4. The lowest BCUT2D eigenvalue weighted by Crippen LogP contribution is -2.67. The predicted octanol–water partition coefficient (Wildman–Crippen LogP) is 0.255. The van der Waals surface area contributed by atoms with E-state index >= 15 is 0 Å². The number of hydrogen-bond acceptors (Lipinski definition) is 9. The van der Waals surface area contributed by atoms with Gasteiger partial charge in [-0.2, -0.15) is 0 Å². The predicted molar refractivity (Wildman–Crippen MR) is 114 cm³/mol. The average molecular weight is 447 g/mol. The molecular formula is C21H29N5O6. The molecule has 1 N–H and O–H groups in total. The number of rotatable bonds is 6. The first kappa shape index (κ1) is 22.2. The Morgan fingerprint density at radius 3 is 2.66 bits per heavy atom. The number of nitrogens with zero attached hydrogens (tertiary/aromatic N) is 4. The third-order valence-electron chi connectivity index (χ3n) is 6.16. The van der Waals surface area contributed by atoms with Crippen molar-refractivity contribution in [1.82, 2.24) is 20.0 Å². The van der Waals surface area contributed by atoms with Crippen molar-refractivity contribution >= 4 is 23.6 Å². The largest absolute Gasteiger partial charge is 0.497 e. The Morgan fingerprint density at radius 1 is 1.19 bits per heavy atom. The third-order valence-corrected chi connectivity index (χ3v) is 6.16. The Kier molecular flexibility index (Phi) is 6.11. The molecule has 3 unspecified atom stereocenters. The topological polar surface area (TPSA) is 104 Å². The van der Waals surface area contributed by atoms with Gasteiger partial charge in [0.2, 0.25) is 0 Å². The maximum atomic E-state index is 13.3. The van der Waals surface area contributed by atoms with Gasteiger partial charge in [-0.05, 0) is 25.5 Å². The Hall–Kier alpha value is -3.05. The van der Waals surface area contributed by atoms with Gasteiger partial charge in [-0.15, -0.1) is 0 Å². The highest BCUT2D eigenvalue weighted by molar-refractivity contribution is 6.02. The van der Waals surface area contributed by atoms with Crippen molar-refractivity contribution in [2.24, 2.45) is 0 Å². The molecule has 11 nitrogen and oxygen atoms in total. The minimum Gasteiger partial charge on any atom is -0.497 e. The molecule has 3 amide bonds. The van der Waals surface area contributed by atoms with E-state index in [0.717, 1.165) is 23.6 Å². The molecule has 1 aromatic carbocycles. The molecule has 3 heterocycles. The summed E-state index contributed by atoms with van der Waals surface area (Å²) in [6.07, 6.45) is -0.00886. The van der Waals surface area contributed by atoms with Gasteiger partial charge in [0.15, 0.2) is 0 Å². The van der Waals surface area contributed by atoms with Crippen molar-refractivity contribution in [2.75, 3.05) is 52.4 Å². The molecule has 3 aliphatic rings. The number of fused-ring (bicyclic) bond motifs is 3. The fourth-order valence-corrected chi connectivity index (χ4v) is 4.67. The van der Waals surface area contributed by atoms with Crippen LogP contribution in [0.2, 0.25) is 0 Å². The molecule has 0 aliphatic carbocycles. The lowest BCUT2D eigenvalue weighted by Gasteiger charge is -2.43. The second-order valence-electron chi connectivity index (χ2n) is 7.88. The van der Waals surface area contributed by atoms with Crippen molar-refractivity contribution in [1.29, 1.82) is 0 Å². The summed E-state index contributed by atoms with van der Waals surface area (Å²) >= 11 is 0. The zero-order valence-corrected chi connectivity index (χ0v) is 18.7. The number of carbonyl (C=O) groups is 3. The van der Waals surface area contributed by atoms with E-state index in [4.69, 9.17) is 14.2 Å². The zero-order valence-electron chi connectivity index (χ0n) is 18.7. The first-order valence-corrected chi connectivity index (χ1v) is 10.7. The van der Waals surface area contributed by atoms with Crippen LogP contribution in [0.5, 0.6) is 11.5 Å². The van der Waals surface area contributed by atoms with Crippen LogP contribution in [-0.4, -0.2) is 98.6 Å². The number of amides is 3. The lowest BCUT2D eigenvalue weighted by atomic mass is 10.1. The molecule has 3 aliphatic heterocycles. The summed E-state index contributed by atoms with van der Waals surface area (Å²) in [4.78, 5) is 44.8. The summed E-state index contributed by atoms with van der Waals surface area (Å²) in [5, 5.41) is 3.44. The number of imide groups is 1. The fraction of sp³-hybridized carbons (Fsp3) is 0.571. The first-order valence-electron chi connectivity index (χ1n) is 10.7. The number of likely N-dealkylation sites (N-methyl/N-ethyl adjacent to an activating group) is 1. The van der Waals surface area contributed by atoms with Crippen LogP contribution in [0.15, 0.2) is 18.2 Å². The molecule has 0 radical (unpaired) electrons. The maximum absolute atomic E-state index is 13.3. The van der Waals surface area contributed by atoms with E-state index < -0.39 is 36.7 Å². The van der Waals surface area contributed by atoms with Gasteiger partial charge in [0.05, 0.1) is 26.5 Å². The van der Waals surface area contributed by atoms with Crippen molar-refractivity contribution in [3.63, 3.8) is 0 Å². The van der Waals surface area contributed by atoms with Gasteiger partial charge in [0.25, 0.3) is 5.91 Å². The molecular weight excluding hydrogens is 418 g/mol. The number of benzene rings is 1. The second-order valence-corrected chi connectivity index (χ2v) is 7.88. The Morgan fingerprint density at radius 2 is 1.97 bits per heavy atom. The molecule has 11 heteroatoms. The molecule has 3 atom stereocenters. The molecule has 1 aromatic rings. The van der Waals surface area contributed by atoms with Crippen LogP contribution in [0, 0.1) is 0 Å². The Labute approximate surface area is 186 Å². The standard InChI is InChI=1S/C21H29N5O6/c1-5-32-16(27)12-26-19(28)17-18(23(2)21(26)29)22-20-24(9-6-10-25(17)20)14-8-7-13(30-3)11-15(14)31-4/h7-8,11,17-18,20,22H,5-6,9-10,12H2,1-4H3. The van der Waals surface area contributed by atoms with Crippen LogP contribution in [0.4, 0.5) is 10.5 Å². The third kappa shape index (κ3) is 3.61. The SMILES string of the molecule is CCOC(=O)CN1C(=O)C2C(NC3N(c4ccc(OC)cc4OC)CCCN23)N(C)C1=O. The summed E-state index contributed by atoms with van der Waals surface area (Å²) in [6, 6.07) is 4.47. The van der Waals surface area contributed by atoms with Gasteiger partial charge in [-0.3, -0.25) is 24.7 Å². The molecule has 3 saturated heterocycles. The minimum atomic E-state index is -0.607. The lowest BCUT2D eigenvalue weighted by molar-refractivity contribution is -0.151.